The van der Waals surface area contributed by atoms with Crippen molar-refractivity contribution in [3.63, 3.8) is 0 Å². The van der Waals surface area contributed by atoms with Gasteiger partial charge in [-0.1, -0.05) is 60.2 Å². The molecule has 1 heterocycles. The minimum atomic E-state index is -0.413. The van der Waals surface area contributed by atoms with Crippen molar-refractivity contribution in [2.24, 2.45) is 0 Å². The molecule has 0 spiro atoms. The van der Waals surface area contributed by atoms with E-state index in [2.05, 4.69) is 48.6 Å². The molecule has 1 amide bonds. The quantitative estimate of drug-likeness (QED) is 0.238. The van der Waals surface area contributed by atoms with Crippen LogP contribution in [0.15, 0.2) is 79.0 Å². The van der Waals surface area contributed by atoms with Crippen LogP contribution in [-0.2, 0) is 33.8 Å². The van der Waals surface area contributed by atoms with Crippen molar-refractivity contribution in [3.05, 3.63) is 101 Å². The van der Waals surface area contributed by atoms with Crippen molar-refractivity contribution < 1.29 is 19.1 Å². The molecule has 6 nitrogen and oxygen atoms in total. The maximum absolute atomic E-state index is 13.1. The molecule has 0 radical (unpaired) electrons. The number of aromatic nitrogens is 1. The summed E-state index contributed by atoms with van der Waals surface area (Å²) in [4.78, 5) is 25.1. The summed E-state index contributed by atoms with van der Waals surface area (Å²) in [6, 6.07) is 23.9. The van der Waals surface area contributed by atoms with Gasteiger partial charge in [-0.05, 0) is 68.5 Å². The highest BCUT2D eigenvalue weighted by Gasteiger charge is 2.20. The van der Waals surface area contributed by atoms with Gasteiger partial charge in [-0.25, -0.2) is 0 Å². The number of hydrogen-bond acceptors (Lipinski definition) is 4. The maximum atomic E-state index is 13.1. The van der Waals surface area contributed by atoms with E-state index in [0.717, 1.165) is 34.2 Å². The second-order valence-corrected chi connectivity index (χ2v) is 9.52. The van der Waals surface area contributed by atoms with Crippen LogP contribution in [0.25, 0.3) is 10.9 Å². The molecule has 4 aromatic rings. The molecule has 1 unspecified atom stereocenters. The molecule has 0 saturated heterocycles. The van der Waals surface area contributed by atoms with Gasteiger partial charge >= 0.3 is 5.97 Å². The first kappa shape index (κ1) is 27.0. The normalized spacial score (nSPS) is 11.8. The summed E-state index contributed by atoms with van der Waals surface area (Å²) >= 11 is 0. The van der Waals surface area contributed by atoms with Gasteiger partial charge in [0.15, 0.2) is 0 Å². The van der Waals surface area contributed by atoms with Crippen LogP contribution in [0.5, 0.6) is 5.75 Å². The zero-order chi connectivity index (χ0) is 26.9. The number of carbonyl (C=O) groups is 2. The van der Waals surface area contributed by atoms with E-state index in [-0.39, 0.29) is 18.3 Å². The number of rotatable bonds is 12. The number of hydrogen-bond donors (Lipinski definition) is 1. The van der Waals surface area contributed by atoms with Gasteiger partial charge in [0.25, 0.3) is 0 Å². The molecule has 0 saturated carbocycles. The van der Waals surface area contributed by atoms with E-state index in [4.69, 9.17) is 9.47 Å². The molecule has 0 aliphatic rings. The minimum absolute atomic E-state index is 0.0468. The zero-order valence-electron chi connectivity index (χ0n) is 22.4. The van der Waals surface area contributed by atoms with E-state index in [1.165, 1.54) is 11.1 Å². The Morgan fingerprint density at radius 2 is 1.71 bits per heavy atom. The summed E-state index contributed by atoms with van der Waals surface area (Å²) in [6.07, 6.45) is 3.55. The van der Waals surface area contributed by atoms with Crippen LogP contribution >= 0.6 is 0 Å². The van der Waals surface area contributed by atoms with Gasteiger partial charge in [-0.2, -0.15) is 0 Å². The average Bonchev–Trinajstić information content (AvgIpc) is 3.29. The van der Waals surface area contributed by atoms with Gasteiger partial charge in [0, 0.05) is 30.1 Å². The summed E-state index contributed by atoms with van der Waals surface area (Å²) in [5.74, 6) is 0.467. The molecule has 3 aromatic carbocycles. The van der Waals surface area contributed by atoms with Crippen molar-refractivity contribution in [1.82, 2.24) is 9.88 Å². The summed E-state index contributed by atoms with van der Waals surface area (Å²) in [6.45, 7) is 7.15. The molecule has 1 N–H and O–H groups in total. The van der Waals surface area contributed by atoms with Gasteiger partial charge in [-0.3, -0.25) is 9.59 Å². The van der Waals surface area contributed by atoms with Crippen molar-refractivity contribution in [3.8, 4) is 5.75 Å². The third-order valence-electron chi connectivity index (χ3n) is 6.67. The van der Waals surface area contributed by atoms with Crippen molar-refractivity contribution in [1.29, 1.82) is 0 Å². The summed E-state index contributed by atoms with van der Waals surface area (Å²) in [5, 5.41) is 4.04. The van der Waals surface area contributed by atoms with Gasteiger partial charge in [0.05, 0.1) is 6.61 Å². The van der Waals surface area contributed by atoms with E-state index >= 15 is 0 Å². The van der Waals surface area contributed by atoms with Crippen molar-refractivity contribution in [2.75, 3.05) is 13.2 Å². The molecule has 1 aromatic heterocycles. The van der Waals surface area contributed by atoms with Crippen LogP contribution in [0.2, 0.25) is 0 Å². The van der Waals surface area contributed by atoms with Crippen molar-refractivity contribution >= 4 is 22.8 Å². The summed E-state index contributed by atoms with van der Waals surface area (Å²) in [5.41, 5.74) is 5.40. The number of nitrogens with one attached hydrogen (secondary N) is 1. The Balaban J connectivity index is 1.52. The Bertz CT molecular complexity index is 1360. The maximum Gasteiger partial charge on any atom is 0.306 e. The molecule has 0 fully saturated rings. The lowest BCUT2D eigenvalue weighted by atomic mass is 10.1. The van der Waals surface area contributed by atoms with Crippen molar-refractivity contribution in [2.45, 2.75) is 52.7 Å². The highest BCUT2D eigenvalue weighted by molar-refractivity contribution is 5.89. The SMILES string of the molecule is CCOC(=O)CCc1cn(C(C)C(=O)NCCc2ccccc2)c2ccc(OCc3ccc(C)cc3)cc12. The first-order chi connectivity index (χ1) is 18.4. The van der Waals surface area contributed by atoms with Gasteiger partial charge in [-0.15, -0.1) is 0 Å². The fraction of sp³-hybridized carbons (Fsp3) is 0.312. The van der Waals surface area contributed by atoms with Crippen LogP contribution in [0.3, 0.4) is 0 Å². The molecule has 6 heteroatoms. The number of ether oxygens (including phenoxy) is 2. The Kier molecular flexibility index (Phi) is 9.20. The Morgan fingerprint density at radius 1 is 0.947 bits per heavy atom. The van der Waals surface area contributed by atoms with Crippen LogP contribution < -0.4 is 10.1 Å². The second-order valence-electron chi connectivity index (χ2n) is 9.52. The topological polar surface area (TPSA) is 69.6 Å². The summed E-state index contributed by atoms with van der Waals surface area (Å²) < 4.78 is 13.2. The van der Waals surface area contributed by atoms with E-state index in [1.807, 2.05) is 54.1 Å². The fourth-order valence-electron chi connectivity index (χ4n) is 4.48. The molecule has 0 aliphatic heterocycles. The number of carbonyl (C=O) groups excluding carboxylic acids is 2. The van der Waals surface area contributed by atoms with Gasteiger partial charge < -0.3 is 19.4 Å². The lowest BCUT2D eigenvalue weighted by molar-refractivity contribution is -0.143. The molecule has 4 rings (SSSR count). The zero-order valence-corrected chi connectivity index (χ0v) is 22.4. The minimum Gasteiger partial charge on any atom is -0.489 e. The molecule has 0 aliphatic carbocycles. The van der Waals surface area contributed by atoms with E-state index < -0.39 is 6.04 Å². The predicted molar refractivity (Wildman–Crippen MR) is 150 cm³/mol. The highest BCUT2D eigenvalue weighted by Crippen LogP contribution is 2.30. The van der Waals surface area contributed by atoms with Crippen LogP contribution in [-0.4, -0.2) is 29.6 Å². The highest BCUT2D eigenvalue weighted by atomic mass is 16.5. The van der Waals surface area contributed by atoms with Gasteiger partial charge in [0.2, 0.25) is 5.91 Å². The predicted octanol–water partition coefficient (Wildman–Crippen LogP) is 5.94. The molecule has 38 heavy (non-hydrogen) atoms. The van der Waals surface area contributed by atoms with Crippen LogP contribution in [0, 0.1) is 6.92 Å². The molecular formula is C32H36N2O4. The number of esters is 1. The number of nitrogens with zero attached hydrogens (tertiary/aromatic N) is 1. The lowest BCUT2D eigenvalue weighted by Gasteiger charge is -2.16. The molecule has 0 bridgehead atoms. The van der Waals surface area contributed by atoms with E-state index in [0.29, 0.717) is 26.2 Å². The van der Waals surface area contributed by atoms with E-state index in [1.54, 1.807) is 6.92 Å². The van der Waals surface area contributed by atoms with Crippen LogP contribution in [0.4, 0.5) is 0 Å². The molecule has 198 valence electrons. The average molecular weight is 513 g/mol. The summed E-state index contributed by atoms with van der Waals surface area (Å²) in [7, 11) is 0. The van der Waals surface area contributed by atoms with Crippen LogP contribution in [0.1, 0.15) is 48.6 Å². The number of fused-ring (bicyclic) bond motifs is 1. The smallest absolute Gasteiger partial charge is 0.306 e. The van der Waals surface area contributed by atoms with E-state index in [9.17, 15) is 9.59 Å². The third-order valence-corrected chi connectivity index (χ3v) is 6.67. The number of benzene rings is 3. The van der Waals surface area contributed by atoms with Gasteiger partial charge in [0.1, 0.15) is 18.4 Å². The Labute approximate surface area is 224 Å². The first-order valence-electron chi connectivity index (χ1n) is 13.2. The Hall–Kier alpha value is -4.06. The third kappa shape index (κ3) is 7.03. The largest absolute Gasteiger partial charge is 0.489 e. The monoisotopic (exact) mass is 512 g/mol. The fourth-order valence-corrected chi connectivity index (χ4v) is 4.48. The lowest BCUT2D eigenvalue weighted by Crippen LogP contribution is -2.32. The first-order valence-corrected chi connectivity index (χ1v) is 13.2. The number of amides is 1. The standard InChI is InChI=1S/C32H36N2O4/c1-4-37-31(35)17-14-27-21-34(24(3)32(36)33-19-18-25-8-6-5-7-9-25)30-16-15-28(20-29(27)30)38-22-26-12-10-23(2)11-13-26/h5-13,15-16,20-21,24H,4,14,17-19,22H2,1-3H3,(H,33,36). The second kappa shape index (κ2) is 13.0. The molecule has 1 atom stereocenters. The number of aryl methyl sites for hydroxylation is 2. The molecular weight excluding hydrogens is 476 g/mol. The Morgan fingerprint density at radius 3 is 2.45 bits per heavy atom.